The summed E-state index contributed by atoms with van der Waals surface area (Å²) in [6.45, 7) is 3.99. The molecule has 0 unspecified atom stereocenters. The van der Waals surface area contributed by atoms with E-state index >= 15 is 0 Å². The van der Waals surface area contributed by atoms with Gasteiger partial charge in [-0.15, -0.1) is 0 Å². The molecule has 0 saturated carbocycles. The van der Waals surface area contributed by atoms with Crippen LogP contribution < -0.4 is 14.8 Å². The second kappa shape index (κ2) is 6.14. The van der Waals surface area contributed by atoms with E-state index in [4.69, 9.17) is 25.6 Å². The van der Waals surface area contributed by atoms with Crippen LogP contribution in [-0.2, 0) is 0 Å². The number of nitrogens with one attached hydrogen (secondary N) is 1. The van der Waals surface area contributed by atoms with Gasteiger partial charge in [0.2, 0.25) is 11.7 Å². The lowest BCUT2D eigenvalue weighted by Gasteiger charge is -2.10. The van der Waals surface area contributed by atoms with Gasteiger partial charge in [0.25, 0.3) is 0 Å². The largest absolute Gasteiger partial charge is 0.493 e. The molecule has 1 N–H and O–H groups in total. The minimum Gasteiger partial charge on any atom is -0.493 e. The van der Waals surface area contributed by atoms with E-state index in [1.165, 1.54) is 0 Å². The summed E-state index contributed by atoms with van der Waals surface area (Å²) < 4.78 is 16.0. The second-order valence-electron chi connectivity index (χ2n) is 5.39. The Morgan fingerprint density at radius 1 is 1.27 bits per heavy atom. The molecule has 2 heterocycles. The van der Waals surface area contributed by atoms with Gasteiger partial charge >= 0.3 is 0 Å². The van der Waals surface area contributed by atoms with Gasteiger partial charge in [-0.3, -0.25) is 0 Å². The van der Waals surface area contributed by atoms with E-state index in [1.807, 2.05) is 0 Å². The number of hydrogen-bond donors (Lipinski definition) is 1. The molecule has 7 heteroatoms. The summed E-state index contributed by atoms with van der Waals surface area (Å²) in [6, 6.07) is 3.53. The van der Waals surface area contributed by atoms with Crippen LogP contribution >= 0.6 is 11.6 Å². The van der Waals surface area contributed by atoms with Crippen molar-refractivity contribution in [3.8, 4) is 22.9 Å². The van der Waals surface area contributed by atoms with E-state index < -0.39 is 0 Å². The number of halogens is 1. The molecule has 0 spiro atoms. The van der Waals surface area contributed by atoms with Gasteiger partial charge in [-0.1, -0.05) is 23.7 Å². The van der Waals surface area contributed by atoms with Crippen molar-refractivity contribution in [2.75, 3.05) is 27.3 Å². The van der Waals surface area contributed by atoms with Crippen LogP contribution in [0, 0.1) is 5.92 Å². The zero-order chi connectivity index (χ0) is 15.7. The van der Waals surface area contributed by atoms with Crippen molar-refractivity contribution in [3.05, 3.63) is 23.0 Å². The molecule has 1 saturated heterocycles. The van der Waals surface area contributed by atoms with Crippen molar-refractivity contribution in [2.45, 2.75) is 12.8 Å². The summed E-state index contributed by atoms with van der Waals surface area (Å²) in [6.07, 6.45) is 0. The minimum absolute atomic E-state index is 0.247. The Labute approximate surface area is 133 Å². The van der Waals surface area contributed by atoms with Crippen molar-refractivity contribution >= 4 is 11.6 Å². The summed E-state index contributed by atoms with van der Waals surface area (Å²) in [4.78, 5) is 4.51. The van der Waals surface area contributed by atoms with Crippen LogP contribution in [0.15, 0.2) is 16.7 Å². The van der Waals surface area contributed by atoms with E-state index in [0.29, 0.717) is 34.2 Å². The average Bonchev–Trinajstić information content (AvgIpc) is 3.14. The number of benzene rings is 1. The Kier molecular flexibility index (Phi) is 4.22. The van der Waals surface area contributed by atoms with Crippen molar-refractivity contribution in [3.63, 3.8) is 0 Å². The van der Waals surface area contributed by atoms with Crippen molar-refractivity contribution < 1.29 is 14.0 Å². The van der Waals surface area contributed by atoms with Crippen LogP contribution in [0.25, 0.3) is 11.4 Å². The molecular formula is C15H18ClN3O3. The molecule has 2 aromatic rings. The Hall–Kier alpha value is -1.79. The number of aromatic nitrogens is 2. The molecule has 1 fully saturated rings. The maximum absolute atomic E-state index is 6.22. The molecule has 2 atom stereocenters. The normalized spacial score (nSPS) is 21.1. The summed E-state index contributed by atoms with van der Waals surface area (Å²) in [5.74, 6) is 2.90. The third-order valence-electron chi connectivity index (χ3n) is 3.97. The Morgan fingerprint density at radius 2 is 2.09 bits per heavy atom. The number of methoxy groups -OCH3 is 2. The second-order valence-corrected chi connectivity index (χ2v) is 5.80. The van der Waals surface area contributed by atoms with Crippen molar-refractivity contribution in [1.29, 1.82) is 0 Å². The summed E-state index contributed by atoms with van der Waals surface area (Å²) in [5, 5.41) is 7.84. The van der Waals surface area contributed by atoms with Gasteiger partial charge < -0.3 is 19.3 Å². The van der Waals surface area contributed by atoms with Gasteiger partial charge in [-0.25, -0.2) is 0 Å². The Morgan fingerprint density at radius 3 is 2.73 bits per heavy atom. The highest BCUT2D eigenvalue weighted by Crippen LogP contribution is 2.39. The molecule has 1 aliphatic heterocycles. The molecule has 1 aromatic carbocycles. The average molecular weight is 324 g/mol. The molecule has 6 nitrogen and oxygen atoms in total. The fourth-order valence-corrected chi connectivity index (χ4v) is 2.98. The van der Waals surface area contributed by atoms with E-state index in [2.05, 4.69) is 22.4 Å². The lowest BCUT2D eigenvalue weighted by Crippen LogP contribution is -2.08. The first-order chi connectivity index (χ1) is 10.6. The first-order valence-electron chi connectivity index (χ1n) is 7.10. The van der Waals surface area contributed by atoms with E-state index in [9.17, 15) is 0 Å². The zero-order valence-electron chi connectivity index (χ0n) is 12.7. The summed E-state index contributed by atoms with van der Waals surface area (Å²) >= 11 is 6.22. The Balaban J connectivity index is 1.95. The molecular weight excluding hydrogens is 306 g/mol. The molecule has 0 radical (unpaired) electrons. The number of hydrogen-bond acceptors (Lipinski definition) is 6. The molecule has 1 aliphatic rings. The van der Waals surface area contributed by atoms with E-state index in [-0.39, 0.29) is 5.92 Å². The van der Waals surface area contributed by atoms with E-state index in [0.717, 1.165) is 18.7 Å². The number of nitrogens with zero attached hydrogens (tertiary/aromatic N) is 2. The SMILES string of the molecule is COc1cc(-c2noc([C@@H]3CNC[C@H]3C)n2)cc(Cl)c1OC. The monoisotopic (exact) mass is 323 g/mol. The zero-order valence-corrected chi connectivity index (χ0v) is 13.5. The van der Waals surface area contributed by atoms with Crippen LogP contribution in [0.4, 0.5) is 0 Å². The first kappa shape index (κ1) is 15.1. The van der Waals surface area contributed by atoms with Crippen LogP contribution in [0.2, 0.25) is 5.02 Å². The molecule has 3 rings (SSSR count). The fraction of sp³-hybridized carbons (Fsp3) is 0.467. The predicted molar refractivity (Wildman–Crippen MR) is 82.6 cm³/mol. The van der Waals surface area contributed by atoms with Gasteiger partial charge in [0, 0.05) is 12.1 Å². The van der Waals surface area contributed by atoms with Crippen molar-refractivity contribution in [2.24, 2.45) is 5.92 Å². The van der Waals surface area contributed by atoms with E-state index in [1.54, 1.807) is 26.4 Å². The third kappa shape index (κ3) is 2.64. The number of rotatable bonds is 4. The van der Waals surface area contributed by atoms with Crippen LogP contribution in [0.3, 0.4) is 0 Å². The Bertz CT molecular complexity index is 674. The molecule has 0 amide bonds. The van der Waals surface area contributed by atoms with Gasteiger partial charge in [0.15, 0.2) is 11.5 Å². The smallest absolute Gasteiger partial charge is 0.231 e. The lowest BCUT2D eigenvalue weighted by atomic mass is 9.98. The van der Waals surface area contributed by atoms with Crippen LogP contribution in [0.5, 0.6) is 11.5 Å². The highest BCUT2D eigenvalue weighted by Gasteiger charge is 2.30. The molecule has 22 heavy (non-hydrogen) atoms. The molecule has 0 bridgehead atoms. The quantitative estimate of drug-likeness (QED) is 0.933. The molecule has 1 aromatic heterocycles. The fourth-order valence-electron chi connectivity index (χ4n) is 2.69. The summed E-state index contributed by atoms with van der Waals surface area (Å²) in [7, 11) is 3.11. The maximum Gasteiger partial charge on any atom is 0.231 e. The van der Waals surface area contributed by atoms with Crippen LogP contribution in [0.1, 0.15) is 18.7 Å². The maximum atomic E-state index is 6.22. The predicted octanol–water partition coefficient (Wildman–Crippen LogP) is 2.73. The molecule has 0 aliphatic carbocycles. The van der Waals surface area contributed by atoms with Crippen LogP contribution in [-0.4, -0.2) is 37.4 Å². The first-order valence-corrected chi connectivity index (χ1v) is 7.48. The molecule has 118 valence electrons. The van der Waals surface area contributed by atoms with Gasteiger partial charge in [0.05, 0.1) is 25.2 Å². The summed E-state index contributed by atoms with van der Waals surface area (Å²) in [5.41, 5.74) is 0.733. The van der Waals surface area contributed by atoms with Gasteiger partial charge in [0.1, 0.15) is 0 Å². The number of ether oxygens (including phenoxy) is 2. The lowest BCUT2D eigenvalue weighted by molar-refractivity contribution is 0.340. The van der Waals surface area contributed by atoms with Gasteiger partial charge in [-0.05, 0) is 24.6 Å². The standard InChI is InChI=1S/C15H18ClN3O3/c1-8-6-17-7-10(8)15-18-14(19-22-15)9-4-11(16)13(21-3)12(5-9)20-2/h4-5,8,10,17H,6-7H2,1-3H3/t8-,10-/m1/s1. The third-order valence-corrected chi connectivity index (χ3v) is 4.25. The highest BCUT2D eigenvalue weighted by atomic mass is 35.5. The van der Waals surface area contributed by atoms with Crippen molar-refractivity contribution in [1.82, 2.24) is 15.5 Å². The highest BCUT2D eigenvalue weighted by molar-refractivity contribution is 6.32. The van der Waals surface area contributed by atoms with Gasteiger partial charge in [-0.2, -0.15) is 4.98 Å². The minimum atomic E-state index is 0.247. The topological polar surface area (TPSA) is 69.4 Å².